The summed E-state index contributed by atoms with van der Waals surface area (Å²) in [5.41, 5.74) is 5.04. The summed E-state index contributed by atoms with van der Waals surface area (Å²) in [7, 11) is 0. The van der Waals surface area contributed by atoms with E-state index in [1.807, 2.05) is 60.9 Å². The summed E-state index contributed by atoms with van der Waals surface area (Å²) in [5.74, 6) is -0.274. The van der Waals surface area contributed by atoms with Crippen LogP contribution in [0.25, 0.3) is 27.6 Å². The van der Waals surface area contributed by atoms with Gasteiger partial charge in [-0.2, -0.15) is 5.26 Å². The lowest BCUT2D eigenvalue weighted by atomic mass is 10.1. The first-order chi connectivity index (χ1) is 13.1. The number of aromatic nitrogens is 2. The fourth-order valence-corrected chi connectivity index (χ4v) is 4.16. The van der Waals surface area contributed by atoms with E-state index in [-0.39, 0.29) is 5.82 Å². The van der Waals surface area contributed by atoms with Gasteiger partial charge in [-0.3, -0.25) is 0 Å². The van der Waals surface area contributed by atoms with Crippen LogP contribution in [-0.4, -0.2) is 9.55 Å². The highest BCUT2D eigenvalue weighted by Crippen LogP contribution is 2.30. The third-order valence-corrected chi connectivity index (χ3v) is 5.55. The summed E-state index contributed by atoms with van der Waals surface area (Å²) in [4.78, 5) is 4.58. The van der Waals surface area contributed by atoms with E-state index in [4.69, 9.17) is 0 Å². The first kappa shape index (κ1) is 17.2. The Kier molecular flexibility index (Phi) is 4.35. The quantitative estimate of drug-likeness (QED) is 0.419. The molecule has 0 aliphatic rings. The van der Waals surface area contributed by atoms with Gasteiger partial charge in [-0.25, -0.2) is 9.37 Å². The molecule has 0 aliphatic carbocycles. The van der Waals surface area contributed by atoms with Crippen LogP contribution in [0.5, 0.6) is 0 Å². The highest BCUT2D eigenvalue weighted by atomic mass is 32.1. The van der Waals surface area contributed by atoms with Crippen LogP contribution in [-0.2, 0) is 0 Å². The number of thiazole rings is 1. The SMILES string of the molecule is Cc1cc(/C=C(\C#N)c2nc3ccccc3s2)c(C)n1-c1cccc(F)c1. The minimum atomic E-state index is -0.274. The van der Waals surface area contributed by atoms with Crippen molar-refractivity contribution in [1.29, 1.82) is 5.26 Å². The molecule has 2 aromatic heterocycles. The van der Waals surface area contributed by atoms with Gasteiger partial charge in [-0.05, 0) is 61.9 Å². The van der Waals surface area contributed by atoms with Crippen molar-refractivity contribution < 1.29 is 4.39 Å². The maximum Gasteiger partial charge on any atom is 0.135 e. The van der Waals surface area contributed by atoms with Crippen molar-refractivity contribution in [3.63, 3.8) is 0 Å². The maximum atomic E-state index is 13.6. The summed E-state index contributed by atoms with van der Waals surface area (Å²) >= 11 is 1.51. The van der Waals surface area contributed by atoms with Gasteiger partial charge >= 0.3 is 0 Å². The van der Waals surface area contributed by atoms with E-state index in [9.17, 15) is 9.65 Å². The minimum Gasteiger partial charge on any atom is -0.318 e. The van der Waals surface area contributed by atoms with E-state index in [0.29, 0.717) is 10.6 Å². The zero-order valence-corrected chi connectivity index (χ0v) is 15.7. The molecule has 132 valence electrons. The van der Waals surface area contributed by atoms with Crippen LogP contribution < -0.4 is 0 Å². The van der Waals surface area contributed by atoms with Crippen LogP contribution in [0.1, 0.15) is 22.0 Å². The Labute approximate surface area is 160 Å². The molecule has 27 heavy (non-hydrogen) atoms. The number of hydrogen-bond donors (Lipinski definition) is 0. The topological polar surface area (TPSA) is 41.6 Å². The van der Waals surface area contributed by atoms with Crippen molar-refractivity contribution in [2.45, 2.75) is 13.8 Å². The van der Waals surface area contributed by atoms with Gasteiger partial charge in [-0.1, -0.05) is 18.2 Å². The Balaban J connectivity index is 1.81. The lowest BCUT2D eigenvalue weighted by Crippen LogP contribution is -1.99. The molecular weight excluding hydrogens is 357 g/mol. The number of rotatable bonds is 3. The second-order valence-corrected chi connectivity index (χ2v) is 7.33. The number of nitrogens with zero attached hydrogens (tertiary/aromatic N) is 3. The third-order valence-electron chi connectivity index (χ3n) is 4.48. The molecule has 3 nitrogen and oxygen atoms in total. The van der Waals surface area contributed by atoms with Crippen molar-refractivity contribution in [1.82, 2.24) is 9.55 Å². The number of halogens is 1. The van der Waals surface area contributed by atoms with Crippen LogP contribution in [0.3, 0.4) is 0 Å². The van der Waals surface area contributed by atoms with E-state index in [1.165, 1.54) is 23.5 Å². The number of hydrogen-bond acceptors (Lipinski definition) is 3. The Bertz CT molecular complexity index is 1190. The Morgan fingerprint density at radius 2 is 1.96 bits per heavy atom. The van der Waals surface area contributed by atoms with Crippen molar-refractivity contribution in [3.8, 4) is 11.8 Å². The largest absolute Gasteiger partial charge is 0.318 e. The summed E-state index contributed by atoms with van der Waals surface area (Å²) in [6.45, 7) is 3.94. The van der Waals surface area contributed by atoms with Gasteiger partial charge in [0.1, 0.15) is 16.9 Å². The molecule has 0 radical (unpaired) electrons. The molecule has 4 aromatic rings. The molecule has 0 N–H and O–H groups in total. The molecule has 0 amide bonds. The van der Waals surface area contributed by atoms with E-state index in [1.54, 1.807) is 6.07 Å². The van der Waals surface area contributed by atoms with Crippen LogP contribution in [0.2, 0.25) is 0 Å². The average Bonchev–Trinajstić information content (AvgIpc) is 3.20. The molecule has 0 aliphatic heterocycles. The molecule has 0 atom stereocenters. The molecule has 0 bridgehead atoms. The zero-order valence-electron chi connectivity index (χ0n) is 14.9. The fourth-order valence-electron chi connectivity index (χ4n) is 3.23. The van der Waals surface area contributed by atoms with Gasteiger partial charge in [0.2, 0.25) is 0 Å². The van der Waals surface area contributed by atoms with Crippen LogP contribution >= 0.6 is 11.3 Å². The zero-order chi connectivity index (χ0) is 19.0. The average molecular weight is 373 g/mol. The molecule has 0 unspecified atom stereocenters. The van der Waals surface area contributed by atoms with E-state index in [2.05, 4.69) is 11.1 Å². The van der Waals surface area contributed by atoms with Crippen molar-refractivity contribution in [2.24, 2.45) is 0 Å². The van der Waals surface area contributed by atoms with Gasteiger partial charge in [0.15, 0.2) is 0 Å². The number of allylic oxidation sites excluding steroid dienone is 1. The van der Waals surface area contributed by atoms with Crippen LogP contribution in [0.4, 0.5) is 4.39 Å². The summed E-state index contributed by atoms with van der Waals surface area (Å²) in [5, 5.41) is 10.4. The third kappa shape index (κ3) is 3.16. The van der Waals surface area contributed by atoms with E-state index < -0.39 is 0 Å². The molecule has 0 saturated heterocycles. The highest BCUT2D eigenvalue weighted by Gasteiger charge is 2.13. The van der Waals surface area contributed by atoms with Gasteiger partial charge in [0.05, 0.1) is 15.8 Å². The Morgan fingerprint density at radius 3 is 2.70 bits per heavy atom. The van der Waals surface area contributed by atoms with Crippen molar-refractivity contribution >= 4 is 33.2 Å². The number of aryl methyl sites for hydroxylation is 1. The van der Waals surface area contributed by atoms with Gasteiger partial charge < -0.3 is 4.57 Å². The first-order valence-electron chi connectivity index (χ1n) is 8.49. The van der Waals surface area contributed by atoms with E-state index >= 15 is 0 Å². The van der Waals surface area contributed by atoms with Crippen molar-refractivity contribution in [3.05, 3.63) is 82.4 Å². The smallest absolute Gasteiger partial charge is 0.135 e. The first-order valence-corrected chi connectivity index (χ1v) is 9.31. The molecule has 0 spiro atoms. The van der Waals surface area contributed by atoms with Crippen molar-refractivity contribution in [2.75, 3.05) is 0 Å². The monoisotopic (exact) mass is 373 g/mol. The Hall–Kier alpha value is -3.23. The second-order valence-electron chi connectivity index (χ2n) is 6.30. The van der Waals surface area contributed by atoms with Gasteiger partial charge in [0, 0.05) is 17.1 Å². The molecule has 0 saturated carbocycles. The Morgan fingerprint density at radius 1 is 1.15 bits per heavy atom. The molecule has 2 aromatic carbocycles. The second kappa shape index (κ2) is 6.82. The number of benzene rings is 2. The normalized spacial score (nSPS) is 11.7. The number of fused-ring (bicyclic) bond motifs is 1. The lowest BCUT2D eigenvalue weighted by molar-refractivity contribution is 0.626. The summed E-state index contributed by atoms with van der Waals surface area (Å²) in [6, 6.07) is 18.6. The molecule has 2 heterocycles. The molecule has 0 fully saturated rings. The molecule has 4 rings (SSSR count). The van der Waals surface area contributed by atoms with E-state index in [0.717, 1.165) is 32.9 Å². The highest BCUT2D eigenvalue weighted by molar-refractivity contribution is 7.19. The molecule has 5 heteroatoms. The maximum absolute atomic E-state index is 13.6. The standard InChI is InChI=1S/C22H16FN3S/c1-14-10-16(15(2)26(14)19-7-5-6-18(23)12-19)11-17(13-24)22-25-20-8-3-4-9-21(20)27-22/h3-12H,1-2H3/b17-11+. The van der Waals surface area contributed by atoms with Gasteiger partial charge in [-0.15, -0.1) is 11.3 Å². The fraction of sp³-hybridized carbons (Fsp3) is 0.0909. The predicted molar refractivity (Wildman–Crippen MR) is 108 cm³/mol. The van der Waals surface area contributed by atoms with Gasteiger partial charge in [0.25, 0.3) is 0 Å². The number of nitriles is 1. The summed E-state index contributed by atoms with van der Waals surface area (Å²) < 4.78 is 16.7. The van der Waals surface area contributed by atoms with Crippen LogP contribution in [0.15, 0.2) is 54.6 Å². The predicted octanol–water partition coefficient (Wildman–Crippen LogP) is 5.91. The minimum absolute atomic E-state index is 0.274. The molecular formula is C22H16FN3S. The lowest BCUT2D eigenvalue weighted by Gasteiger charge is -2.09. The van der Waals surface area contributed by atoms with Crippen LogP contribution in [0, 0.1) is 31.0 Å². The summed E-state index contributed by atoms with van der Waals surface area (Å²) in [6.07, 6.45) is 1.86. The number of para-hydroxylation sites is 1.